The summed E-state index contributed by atoms with van der Waals surface area (Å²) < 4.78 is 0. The van der Waals surface area contributed by atoms with Crippen molar-refractivity contribution in [2.75, 3.05) is 19.6 Å². The number of piperazine rings is 1. The van der Waals surface area contributed by atoms with Crippen LogP contribution in [0.3, 0.4) is 0 Å². The van der Waals surface area contributed by atoms with E-state index in [0.717, 1.165) is 17.9 Å². The van der Waals surface area contributed by atoms with E-state index in [1.807, 2.05) is 0 Å². The highest BCUT2D eigenvalue weighted by Gasteiger charge is 2.26. The molecular weight excluding hydrogens is 208 g/mol. The molecule has 102 valence electrons. The minimum absolute atomic E-state index is 0.702. The zero-order valence-electron chi connectivity index (χ0n) is 12.5. The van der Waals surface area contributed by atoms with Crippen LogP contribution in [-0.4, -0.2) is 36.6 Å². The van der Waals surface area contributed by atoms with Crippen molar-refractivity contribution in [2.45, 2.75) is 66.0 Å². The first-order chi connectivity index (χ1) is 8.08. The second kappa shape index (κ2) is 7.38. The molecular formula is C15H32N2. The summed E-state index contributed by atoms with van der Waals surface area (Å²) in [4.78, 5) is 2.69. The molecule has 1 saturated heterocycles. The van der Waals surface area contributed by atoms with Crippen LogP contribution in [0.4, 0.5) is 0 Å². The van der Waals surface area contributed by atoms with Gasteiger partial charge in [0.15, 0.2) is 0 Å². The highest BCUT2D eigenvalue weighted by molar-refractivity contribution is 4.84. The van der Waals surface area contributed by atoms with Gasteiger partial charge in [0.2, 0.25) is 0 Å². The normalized spacial score (nSPS) is 27.7. The lowest BCUT2D eigenvalue weighted by Crippen LogP contribution is -2.55. The second-order valence-electron chi connectivity index (χ2n) is 6.04. The van der Waals surface area contributed by atoms with Crippen LogP contribution in [0.2, 0.25) is 0 Å². The second-order valence-corrected chi connectivity index (χ2v) is 6.04. The standard InChI is InChI=1S/C15H32N2/c1-6-12(3)10-14(5)17-9-8-16-15(11-17)13(4)7-2/h12-16H,6-11H2,1-5H3. The molecule has 1 heterocycles. The van der Waals surface area contributed by atoms with Crippen molar-refractivity contribution in [3.8, 4) is 0 Å². The first kappa shape index (κ1) is 15.0. The molecule has 1 aliphatic heterocycles. The van der Waals surface area contributed by atoms with E-state index in [1.54, 1.807) is 0 Å². The Hall–Kier alpha value is -0.0800. The first-order valence-corrected chi connectivity index (χ1v) is 7.55. The summed E-state index contributed by atoms with van der Waals surface area (Å²) in [7, 11) is 0. The highest BCUT2D eigenvalue weighted by atomic mass is 15.2. The van der Waals surface area contributed by atoms with Crippen LogP contribution >= 0.6 is 0 Å². The van der Waals surface area contributed by atoms with Gasteiger partial charge in [0, 0.05) is 31.7 Å². The van der Waals surface area contributed by atoms with Crippen LogP contribution in [0.25, 0.3) is 0 Å². The lowest BCUT2D eigenvalue weighted by molar-refractivity contribution is 0.116. The van der Waals surface area contributed by atoms with E-state index in [0.29, 0.717) is 6.04 Å². The Labute approximate surface area is 108 Å². The van der Waals surface area contributed by atoms with Crippen LogP contribution in [0.1, 0.15) is 53.9 Å². The van der Waals surface area contributed by atoms with Crippen LogP contribution < -0.4 is 5.32 Å². The van der Waals surface area contributed by atoms with Gasteiger partial charge in [0.05, 0.1) is 0 Å². The lowest BCUT2D eigenvalue weighted by Gasteiger charge is -2.40. The molecule has 0 spiro atoms. The largest absolute Gasteiger partial charge is 0.311 e. The molecule has 0 radical (unpaired) electrons. The summed E-state index contributed by atoms with van der Waals surface area (Å²) >= 11 is 0. The molecule has 2 nitrogen and oxygen atoms in total. The molecule has 0 saturated carbocycles. The number of hydrogen-bond donors (Lipinski definition) is 1. The molecule has 0 aliphatic carbocycles. The molecule has 0 bridgehead atoms. The van der Waals surface area contributed by atoms with Gasteiger partial charge in [-0.25, -0.2) is 0 Å². The third-order valence-corrected chi connectivity index (χ3v) is 4.63. The molecule has 2 heteroatoms. The predicted octanol–water partition coefficient (Wildman–Crippen LogP) is 3.13. The maximum absolute atomic E-state index is 3.68. The summed E-state index contributed by atoms with van der Waals surface area (Å²) in [5.74, 6) is 1.66. The molecule has 4 atom stereocenters. The fourth-order valence-corrected chi connectivity index (χ4v) is 2.77. The van der Waals surface area contributed by atoms with Crippen molar-refractivity contribution in [2.24, 2.45) is 11.8 Å². The maximum Gasteiger partial charge on any atom is 0.0221 e. The van der Waals surface area contributed by atoms with E-state index < -0.39 is 0 Å². The minimum atomic E-state index is 0.702. The zero-order valence-corrected chi connectivity index (χ0v) is 12.5. The molecule has 1 fully saturated rings. The average Bonchev–Trinajstić information content (AvgIpc) is 2.37. The van der Waals surface area contributed by atoms with Gasteiger partial charge in [0.1, 0.15) is 0 Å². The molecule has 17 heavy (non-hydrogen) atoms. The van der Waals surface area contributed by atoms with E-state index in [2.05, 4.69) is 44.8 Å². The topological polar surface area (TPSA) is 15.3 Å². The van der Waals surface area contributed by atoms with Crippen molar-refractivity contribution in [3.63, 3.8) is 0 Å². The van der Waals surface area contributed by atoms with E-state index in [4.69, 9.17) is 0 Å². The molecule has 1 rings (SSSR count). The lowest BCUT2D eigenvalue weighted by atomic mass is 9.94. The highest BCUT2D eigenvalue weighted by Crippen LogP contribution is 2.18. The van der Waals surface area contributed by atoms with Crippen molar-refractivity contribution >= 4 is 0 Å². The molecule has 0 aromatic rings. The van der Waals surface area contributed by atoms with Gasteiger partial charge in [-0.1, -0.05) is 40.5 Å². The Kier molecular flexibility index (Phi) is 6.50. The molecule has 0 aromatic heterocycles. The van der Waals surface area contributed by atoms with Gasteiger partial charge in [-0.05, 0) is 25.2 Å². The van der Waals surface area contributed by atoms with E-state index in [1.165, 1.54) is 38.9 Å². The third kappa shape index (κ3) is 4.59. The summed E-state index contributed by atoms with van der Waals surface area (Å²) in [6, 6.07) is 1.45. The van der Waals surface area contributed by atoms with Crippen molar-refractivity contribution in [3.05, 3.63) is 0 Å². The van der Waals surface area contributed by atoms with Crippen LogP contribution in [0, 0.1) is 11.8 Å². The minimum Gasteiger partial charge on any atom is -0.311 e. The summed E-state index contributed by atoms with van der Waals surface area (Å²) in [6.45, 7) is 15.4. The Morgan fingerprint density at radius 3 is 2.47 bits per heavy atom. The third-order valence-electron chi connectivity index (χ3n) is 4.63. The monoisotopic (exact) mass is 240 g/mol. The SMILES string of the molecule is CCC(C)CC(C)N1CCNC(C(C)CC)C1. The maximum atomic E-state index is 3.68. The van der Waals surface area contributed by atoms with Gasteiger partial charge in [-0.2, -0.15) is 0 Å². The van der Waals surface area contributed by atoms with Crippen molar-refractivity contribution in [1.29, 1.82) is 0 Å². The van der Waals surface area contributed by atoms with Gasteiger partial charge in [-0.15, -0.1) is 0 Å². The Morgan fingerprint density at radius 2 is 1.88 bits per heavy atom. The van der Waals surface area contributed by atoms with E-state index >= 15 is 0 Å². The van der Waals surface area contributed by atoms with E-state index in [-0.39, 0.29) is 0 Å². The summed E-state index contributed by atoms with van der Waals surface area (Å²) in [5, 5.41) is 3.68. The molecule has 1 N–H and O–H groups in total. The zero-order chi connectivity index (χ0) is 12.8. The first-order valence-electron chi connectivity index (χ1n) is 7.55. The summed E-state index contributed by atoms with van der Waals surface area (Å²) in [5.41, 5.74) is 0. The molecule has 1 aliphatic rings. The summed E-state index contributed by atoms with van der Waals surface area (Å²) in [6.07, 6.45) is 3.94. The number of hydrogen-bond acceptors (Lipinski definition) is 2. The number of nitrogens with one attached hydrogen (secondary N) is 1. The fourth-order valence-electron chi connectivity index (χ4n) is 2.77. The van der Waals surface area contributed by atoms with Crippen LogP contribution in [0.15, 0.2) is 0 Å². The smallest absolute Gasteiger partial charge is 0.0221 e. The molecule has 4 unspecified atom stereocenters. The van der Waals surface area contributed by atoms with Crippen LogP contribution in [0.5, 0.6) is 0 Å². The quantitative estimate of drug-likeness (QED) is 0.767. The van der Waals surface area contributed by atoms with Crippen LogP contribution in [-0.2, 0) is 0 Å². The fraction of sp³-hybridized carbons (Fsp3) is 1.00. The Balaban J connectivity index is 2.42. The Morgan fingerprint density at radius 1 is 1.18 bits per heavy atom. The molecule has 0 aromatic carbocycles. The number of rotatable bonds is 6. The Bertz CT molecular complexity index is 205. The average molecular weight is 240 g/mol. The number of nitrogens with zero attached hydrogens (tertiary/aromatic N) is 1. The van der Waals surface area contributed by atoms with Gasteiger partial charge >= 0.3 is 0 Å². The van der Waals surface area contributed by atoms with Crippen molar-refractivity contribution < 1.29 is 0 Å². The van der Waals surface area contributed by atoms with Gasteiger partial charge < -0.3 is 5.32 Å². The van der Waals surface area contributed by atoms with Gasteiger partial charge in [-0.3, -0.25) is 4.90 Å². The predicted molar refractivity (Wildman–Crippen MR) is 76.4 cm³/mol. The van der Waals surface area contributed by atoms with Gasteiger partial charge in [0.25, 0.3) is 0 Å². The van der Waals surface area contributed by atoms with E-state index in [9.17, 15) is 0 Å². The molecule has 0 amide bonds. The van der Waals surface area contributed by atoms with Crippen molar-refractivity contribution in [1.82, 2.24) is 10.2 Å².